The second-order valence-corrected chi connectivity index (χ2v) is 5.50. The van der Waals surface area contributed by atoms with Gasteiger partial charge in [-0.2, -0.15) is 0 Å². The van der Waals surface area contributed by atoms with Crippen LogP contribution in [0.3, 0.4) is 0 Å². The third kappa shape index (κ3) is 10.3. The van der Waals surface area contributed by atoms with Crippen molar-refractivity contribution in [3.05, 3.63) is 35.9 Å². The van der Waals surface area contributed by atoms with Crippen LogP contribution in [0.25, 0.3) is 0 Å². The zero-order chi connectivity index (χ0) is 14.8. The van der Waals surface area contributed by atoms with Crippen LogP contribution in [0.15, 0.2) is 30.3 Å². The third-order valence-electron chi connectivity index (χ3n) is 3.19. The van der Waals surface area contributed by atoms with Crippen LogP contribution in [0.1, 0.15) is 24.8 Å². The molecule has 0 bridgehead atoms. The summed E-state index contributed by atoms with van der Waals surface area (Å²) < 4.78 is 0. The topological polar surface area (TPSA) is 58.4 Å². The Labute approximate surface area is 134 Å². The first kappa shape index (κ1) is 19.9. The average molecular weight is 314 g/mol. The lowest BCUT2D eigenvalue weighted by Gasteiger charge is -2.12. The van der Waals surface area contributed by atoms with Crippen molar-refractivity contribution >= 4 is 18.3 Å². The lowest BCUT2D eigenvalue weighted by Crippen LogP contribution is -2.30. The lowest BCUT2D eigenvalue weighted by molar-refractivity contribution is -0.121. The van der Waals surface area contributed by atoms with Crippen LogP contribution < -0.4 is 11.1 Å². The van der Waals surface area contributed by atoms with Gasteiger partial charge >= 0.3 is 0 Å². The second-order valence-electron chi connectivity index (χ2n) is 5.50. The predicted molar refractivity (Wildman–Crippen MR) is 90.8 cm³/mol. The number of amides is 1. The molecule has 1 amide bonds. The van der Waals surface area contributed by atoms with Crippen LogP contribution in [0, 0.1) is 0 Å². The number of halogens is 1. The molecule has 1 aromatic rings. The molecule has 21 heavy (non-hydrogen) atoms. The molecule has 0 aromatic heterocycles. The average Bonchev–Trinajstić information content (AvgIpc) is 2.42. The van der Waals surface area contributed by atoms with E-state index in [2.05, 4.69) is 22.3 Å². The second kappa shape index (κ2) is 11.5. The van der Waals surface area contributed by atoms with Gasteiger partial charge in [0.05, 0.1) is 0 Å². The summed E-state index contributed by atoms with van der Waals surface area (Å²) in [6, 6.07) is 10.2. The van der Waals surface area contributed by atoms with Crippen LogP contribution in [-0.2, 0) is 11.2 Å². The van der Waals surface area contributed by atoms with Gasteiger partial charge in [0.15, 0.2) is 0 Å². The standard InChI is InChI=1S/C16H27N3O.ClH/c1-19(2)12-6-11-18-16(20)10-9-15(17)13-14-7-4-3-5-8-14;/h3-5,7-8,15H,6,9-13,17H2,1-2H3,(H,18,20);1H/t15-;/m0./s1. The number of carbonyl (C=O) groups excluding carboxylic acids is 1. The molecule has 0 aliphatic carbocycles. The van der Waals surface area contributed by atoms with Gasteiger partial charge in [-0.25, -0.2) is 0 Å². The maximum absolute atomic E-state index is 11.7. The fraction of sp³-hybridized carbons (Fsp3) is 0.562. The van der Waals surface area contributed by atoms with Gasteiger partial charge in [-0.15, -0.1) is 12.4 Å². The number of rotatable bonds is 9. The highest BCUT2D eigenvalue weighted by Crippen LogP contribution is 2.05. The highest BCUT2D eigenvalue weighted by atomic mass is 35.5. The number of nitrogens with one attached hydrogen (secondary N) is 1. The van der Waals surface area contributed by atoms with Crippen LogP contribution >= 0.6 is 12.4 Å². The SMILES string of the molecule is CN(C)CCCNC(=O)CC[C@H](N)Cc1ccccc1.Cl. The molecule has 0 aliphatic heterocycles. The van der Waals surface area contributed by atoms with Gasteiger partial charge in [-0.1, -0.05) is 30.3 Å². The van der Waals surface area contributed by atoms with E-state index in [1.54, 1.807) is 0 Å². The minimum atomic E-state index is 0. The predicted octanol–water partition coefficient (Wildman–Crippen LogP) is 1.83. The molecule has 1 aromatic carbocycles. The quantitative estimate of drug-likeness (QED) is 0.684. The molecule has 0 saturated carbocycles. The van der Waals surface area contributed by atoms with Gasteiger partial charge in [0.1, 0.15) is 0 Å². The van der Waals surface area contributed by atoms with Crippen molar-refractivity contribution in [1.82, 2.24) is 10.2 Å². The molecular formula is C16H28ClN3O. The summed E-state index contributed by atoms with van der Waals surface area (Å²) in [6.45, 7) is 1.73. The summed E-state index contributed by atoms with van der Waals surface area (Å²) in [6.07, 6.45) is 3.05. The fourth-order valence-electron chi connectivity index (χ4n) is 2.05. The van der Waals surface area contributed by atoms with E-state index < -0.39 is 0 Å². The fourth-order valence-corrected chi connectivity index (χ4v) is 2.05. The smallest absolute Gasteiger partial charge is 0.220 e. The van der Waals surface area contributed by atoms with E-state index >= 15 is 0 Å². The van der Waals surface area contributed by atoms with E-state index in [0.29, 0.717) is 6.42 Å². The first-order chi connectivity index (χ1) is 9.58. The van der Waals surface area contributed by atoms with E-state index in [4.69, 9.17) is 5.73 Å². The van der Waals surface area contributed by atoms with Crippen LogP contribution in [0.5, 0.6) is 0 Å². The highest BCUT2D eigenvalue weighted by Gasteiger charge is 2.07. The molecule has 0 radical (unpaired) electrons. The summed E-state index contributed by atoms with van der Waals surface area (Å²) in [5.74, 6) is 0.104. The van der Waals surface area contributed by atoms with Crippen molar-refractivity contribution in [2.75, 3.05) is 27.2 Å². The third-order valence-corrected chi connectivity index (χ3v) is 3.19. The van der Waals surface area contributed by atoms with Gasteiger partial charge in [-0.05, 0) is 45.5 Å². The minimum Gasteiger partial charge on any atom is -0.356 e. The summed E-state index contributed by atoms with van der Waals surface area (Å²) in [5, 5.41) is 2.94. The molecular weight excluding hydrogens is 286 g/mol. The van der Waals surface area contributed by atoms with Crippen molar-refractivity contribution in [2.24, 2.45) is 5.73 Å². The van der Waals surface area contributed by atoms with E-state index in [0.717, 1.165) is 32.4 Å². The van der Waals surface area contributed by atoms with Crippen LogP contribution in [0.2, 0.25) is 0 Å². The molecule has 5 heteroatoms. The largest absolute Gasteiger partial charge is 0.356 e. The van der Waals surface area contributed by atoms with Crippen LogP contribution in [-0.4, -0.2) is 44.0 Å². The van der Waals surface area contributed by atoms with Gasteiger partial charge in [0, 0.05) is 19.0 Å². The van der Waals surface area contributed by atoms with Gasteiger partial charge in [-0.3, -0.25) is 4.79 Å². The number of nitrogens with zero attached hydrogens (tertiary/aromatic N) is 1. The van der Waals surface area contributed by atoms with Gasteiger partial charge < -0.3 is 16.0 Å². The monoisotopic (exact) mass is 313 g/mol. The van der Waals surface area contributed by atoms with Crippen molar-refractivity contribution in [3.63, 3.8) is 0 Å². The molecule has 1 rings (SSSR count). The Balaban J connectivity index is 0.00000400. The molecule has 3 N–H and O–H groups in total. The Morgan fingerprint density at radius 2 is 1.95 bits per heavy atom. The first-order valence-electron chi connectivity index (χ1n) is 7.29. The molecule has 1 atom stereocenters. The molecule has 0 heterocycles. The Morgan fingerprint density at radius 1 is 1.29 bits per heavy atom. The maximum Gasteiger partial charge on any atom is 0.220 e. The first-order valence-corrected chi connectivity index (χ1v) is 7.29. The van der Waals surface area contributed by atoms with Crippen molar-refractivity contribution in [3.8, 4) is 0 Å². The van der Waals surface area contributed by atoms with Crippen molar-refractivity contribution in [1.29, 1.82) is 0 Å². The lowest BCUT2D eigenvalue weighted by atomic mass is 10.0. The zero-order valence-corrected chi connectivity index (χ0v) is 13.9. The minimum absolute atomic E-state index is 0. The molecule has 0 fully saturated rings. The highest BCUT2D eigenvalue weighted by molar-refractivity contribution is 5.85. The summed E-state index contributed by atoms with van der Waals surface area (Å²) >= 11 is 0. The normalized spacial score (nSPS) is 11.8. The molecule has 120 valence electrons. The van der Waals surface area contributed by atoms with Crippen molar-refractivity contribution in [2.45, 2.75) is 31.7 Å². The Bertz CT molecular complexity index is 384. The number of benzene rings is 1. The Morgan fingerprint density at radius 3 is 2.57 bits per heavy atom. The molecule has 0 unspecified atom stereocenters. The Hall–Kier alpha value is -1.10. The number of carbonyl (C=O) groups is 1. The van der Waals surface area contributed by atoms with Crippen molar-refractivity contribution < 1.29 is 4.79 Å². The number of hydrogen-bond donors (Lipinski definition) is 2. The molecule has 0 spiro atoms. The van der Waals surface area contributed by atoms with E-state index in [9.17, 15) is 4.79 Å². The maximum atomic E-state index is 11.7. The van der Waals surface area contributed by atoms with E-state index in [-0.39, 0.29) is 24.4 Å². The molecule has 4 nitrogen and oxygen atoms in total. The van der Waals surface area contributed by atoms with Gasteiger partial charge in [0.25, 0.3) is 0 Å². The number of hydrogen-bond acceptors (Lipinski definition) is 3. The van der Waals surface area contributed by atoms with Gasteiger partial charge in [0.2, 0.25) is 5.91 Å². The Kier molecular flexibility index (Phi) is 10.9. The summed E-state index contributed by atoms with van der Waals surface area (Å²) in [5.41, 5.74) is 7.29. The van der Waals surface area contributed by atoms with Crippen LogP contribution in [0.4, 0.5) is 0 Å². The molecule has 0 aliphatic rings. The summed E-state index contributed by atoms with van der Waals surface area (Å²) in [4.78, 5) is 13.8. The van der Waals surface area contributed by atoms with E-state index in [1.165, 1.54) is 5.56 Å². The zero-order valence-electron chi connectivity index (χ0n) is 13.0. The molecule has 0 saturated heterocycles. The summed E-state index contributed by atoms with van der Waals surface area (Å²) in [7, 11) is 4.06. The van der Waals surface area contributed by atoms with E-state index in [1.807, 2.05) is 32.3 Å². The number of nitrogens with two attached hydrogens (primary N) is 1.